The molecule has 4 rings (SSSR count). The second-order valence-electron chi connectivity index (χ2n) is 8.03. The number of para-hydroxylation sites is 1. The number of amides is 1. The van der Waals surface area contributed by atoms with Crippen molar-refractivity contribution >= 4 is 16.8 Å². The second kappa shape index (κ2) is 8.33. The number of carbonyl (C=O) groups excluding carboxylic acids is 1. The van der Waals surface area contributed by atoms with Gasteiger partial charge in [-0.25, -0.2) is 4.98 Å². The maximum Gasteiger partial charge on any atom is 0.254 e. The zero-order chi connectivity index (χ0) is 20.4. The largest absolute Gasteiger partial charge is 0.335 e. The third-order valence-corrected chi connectivity index (χ3v) is 5.64. The van der Waals surface area contributed by atoms with Crippen molar-refractivity contribution in [3.05, 3.63) is 48.3 Å². The van der Waals surface area contributed by atoms with Crippen molar-refractivity contribution in [3.8, 4) is 11.3 Å². The van der Waals surface area contributed by atoms with Gasteiger partial charge in [-0.05, 0) is 45.5 Å². The summed E-state index contributed by atoms with van der Waals surface area (Å²) in [4.78, 5) is 22.8. The van der Waals surface area contributed by atoms with Gasteiger partial charge in [0.2, 0.25) is 0 Å². The molecule has 29 heavy (non-hydrogen) atoms. The van der Waals surface area contributed by atoms with Crippen molar-refractivity contribution < 1.29 is 4.79 Å². The summed E-state index contributed by atoms with van der Waals surface area (Å²) >= 11 is 0. The third kappa shape index (κ3) is 4.03. The topological polar surface area (TPSA) is 54.3 Å². The van der Waals surface area contributed by atoms with Crippen molar-refractivity contribution in [3.63, 3.8) is 0 Å². The van der Waals surface area contributed by atoms with Gasteiger partial charge in [-0.3, -0.25) is 9.48 Å². The summed E-state index contributed by atoms with van der Waals surface area (Å²) in [7, 11) is 2.12. The van der Waals surface area contributed by atoms with E-state index in [0.29, 0.717) is 0 Å². The zero-order valence-corrected chi connectivity index (χ0v) is 17.5. The van der Waals surface area contributed by atoms with Crippen LogP contribution in [0, 0.1) is 0 Å². The summed E-state index contributed by atoms with van der Waals surface area (Å²) in [6, 6.07) is 10.0. The molecule has 152 valence electrons. The SMILES string of the molecule is CCCn1cc(-c2cc(C(=O)N3CCCN(C)CC3C)c3ccccc3n2)cn1. The van der Waals surface area contributed by atoms with Crippen LogP contribution in [0.15, 0.2) is 42.7 Å². The lowest BCUT2D eigenvalue weighted by molar-refractivity contribution is 0.0698. The van der Waals surface area contributed by atoms with Crippen molar-refractivity contribution in [2.75, 3.05) is 26.7 Å². The number of likely N-dealkylation sites (N-methyl/N-ethyl adjacent to an activating group) is 1. The van der Waals surface area contributed by atoms with Crippen LogP contribution in [0.4, 0.5) is 0 Å². The van der Waals surface area contributed by atoms with Gasteiger partial charge in [0, 0.05) is 42.8 Å². The molecular formula is C23H29N5O. The molecule has 1 aromatic carbocycles. The fourth-order valence-electron chi connectivity index (χ4n) is 4.18. The van der Waals surface area contributed by atoms with Crippen molar-refractivity contribution in [2.45, 2.75) is 39.3 Å². The number of carbonyl (C=O) groups is 1. The number of nitrogens with zero attached hydrogens (tertiary/aromatic N) is 5. The highest BCUT2D eigenvalue weighted by atomic mass is 16.2. The molecule has 3 heterocycles. The first kappa shape index (κ1) is 19.6. The molecule has 0 bridgehead atoms. The van der Waals surface area contributed by atoms with Crippen LogP contribution < -0.4 is 0 Å². The fourth-order valence-corrected chi connectivity index (χ4v) is 4.18. The Morgan fingerprint density at radius 2 is 2.07 bits per heavy atom. The van der Waals surface area contributed by atoms with Crippen LogP contribution in [0.1, 0.15) is 37.0 Å². The zero-order valence-electron chi connectivity index (χ0n) is 17.5. The lowest BCUT2D eigenvalue weighted by atomic mass is 10.0. The first-order valence-corrected chi connectivity index (χ1v) is 10.5. The van der Waals surface area contributed by atoms with E-state index in [-0.39, 0.29) is 11.9 Å². The molecule has 0 spiro atoms. The van der Waals surface area contributed by atoms with Gasteiger partial charge in [-0.15, -0.1) is 0 Å². The number of rotatable bonds is 4. The molecule has 1 aliphatic heterocycles. The average Bonchev–Trinajstić information content (AvgIpc) is 3.11. The number of aryl methyl sites for hydroxylation is 1. The van der Waals surface area contributed by atoms with Crippen LogP contribution in [0.2, 0.25) is 0 Å². The monoisotopic (exact) mass is 391 g/mol. The third-order valence-electron chi connectivity index (χ3n) is 5.64. The Kier molecular flexibility index (Phi) is 5.62. The van der Waals surface area contributed by atoms with Crippen LogP contribution in [0.25, 0.3) is 22.2 Å². The maximum absolute atomic E-state index is 13.6. The van der Waals surface area contributed by atoms with Gasteiger partial charge >= 0.3 is 0 Å². The molecule has 0 aliphatic carbocycles. The molecule has 6 nitrogen and oxygen atoms in total. The van der Waals surface area contributed by atoms with Crippen LogP contribution in [-0.2, 0) is 6.54 Å². The van der Waals surface area contributed by atoms with E-state index in [1.807, 2.05) is 52.3 Å². The Labute approximate surface area is 172 Å². The first-order chi connectivity index (χ1) is 14.1. The summed E-state index contributed by atoms with van der Waals surface area (Å²) in [5.41, 5.74) is 3.32. The predicted octanol–water partition coefficient (Wildman–Crippen LogP) is 3.67. The molecule has 2 aromatic heterocycles. The van der Waals surface area contributed by atoms with Gasteiger partial charge in [-0.2, -0.15) is 5.10 Å². The summed E-state index contributed by atoms with van der Waals surface area (Å²) in [6.07, 6.45) is 5.87. The van der Waals surface area contributed by atoms with Crippen LogP contribution in [0.5, 0.6) is 0 Å². The molecule has 1 unspecified atom stereocenters. The Morgan fingerprint density at radius 3 is 2.90 bits per heavy atom. The molecule has 1 atom stereocenters. The molecule has 0 N–H and O–H groups in total. The summed E-state index contributed by atoms with van der Waals surface area (Å²) < 4.78 is 1.93. The van der Waals surface area contributed by atoms with Gasteiger partial charge in [0.1, 0.15) is 0 Å². The minimum absolute atomic E-state index is 0.0913. The molecular weight excluding hydrogens is 362 g/mol. The molecule has 1 saturated heterocycles. The normalized spacial score (nSPS) is 18.2. The summed E-state index contributed by atoms with van der Waals surface area (Å²) in [5, 5.41) is 5.34. The molecule has 6 heteroatoms. The molecule has 1 fully saturated rings. The number of hydrogen-bond donors (Lipinski definition) is 0. The molecule has 3 aromatic rings. The maximum atomic E-state index is 13.6. The van der Waals surface area contributed by atoms with E-state index in [9.17, 15) is 4.79 Å². The van der Waals surface area contributed by atoms with E-state index in [2.05, 4.69) is 30.9 Å². The fraction of sp³-hybridized carbons (Fsp3) is 0.435. The van der Waals surface area contributed by atoms with Gasteiger partial charge in [0.25, 0.3) is 5.91 Å². The van der Waals surface area contributed by atoms with E-state index in [4.69, 9.17) is 4.98 Å². The highest BCUT2D eigenvalue weighted by Gasteiger charge is 2.26. The van der Waals surface area contributed by atoms with E-state index >= 15 is 0 Å². The van der Waals surface area contributed by atoms with Gasteiger partial charge in [0.15, 0.2) is 0 Å². The number of hydrogen-bond acceptors (Lipinski definition) is 4. The van der Waals surface area contributed by atoms with E-state index < -0.39 is 0 Å². The minimum atomic E-state index is 0.0913. The van der Waals surface area contributed by atoms with Gasteiger partial charge in [0.05, 0.1) is 23.0 Å². The number of pyridine rings is 1. The first-order valence-electron chi connectivity index (χ1n) is 10.5. The van der Waals surface area contributed by atoms with E-state index in [1.165, 1.54) is 0 Å². The van der Waals surface area contributed by atoms with Crippen molar-refractivity contribution in [2.24, 2.45) is 0 Å². The Bertz CT molecular complexity index is 1010. The lowest BCUT2D eigenvalue weighted by Crippen LogP contribution is -2.42. The molecule has 1 amide bonds. The number of fused-ring (bicyclic) bond motifs is 1. The van der Waals surface area contributed by atoms with E-state index in [1.54, 1.807) is 0 Å². The highest BCUT2D eigenvalue weighted by Crippen LogP contribution is 2.26. The number of aromatic nitrogens is 3. The van der Waals surface area contributed by atoms with Crippen LogP contribution in [0.3, 0.4) is 0 Å². The minimum Gasteiger partial charge on any atom is -0.335 e. The van der Waals surface area contributed by atoms with Crippen LogP contribution >= 0.6 is 0 Å². The van der Waals surface area contributed by atoms with Gasteiger partial charge < -0.3 is 9.80 Å². The van der Waals surface area contributed by atoms with Crippen molar-refractivity contribution in [1.82, 2.24) is 24.6 Å². The van der Waals surface area contributed by atoms with E-state index in [0.717, 1.165) is 66.7 Å². The highest BCUT2D eigenvalue weighted by molar-refractivity contribution is 6.07. The lowest BCUT2D eigenvalue weighted by Gasteiger charge is -2.28. The summed E-state index contributed by atoms with van der Waals surface area (Å²) in [5.74, 6) is 0.0913. The Hall–Kier alpha value is -2.73. The summed E-state index contributed by atoms with van der Waals surface area (Å²) in [6.45, 7) is 7.84. The van der Waals surface area contributed by atoms with Crippen molar-refractivity contribution in [1.29, 1.82) is 0 Å². The molecule has 0 radical (unpaired) electrons. The number of benzene rings is 1. The molecule has 0 saturated carbocycles. The quantitative estimate of drug-likeness (QED) is 0.681. The smallest absolute Gasteiger partial charge is 0.254 e. The Morgan fingerprint density at radius 1 is 1.24 bits per heavy atom. The second-order valence-corrected chi connectivity index (χ2v) is 8.03. The van der Waals surface area contributed by atoms with Crippen LogP contribution in [-0.4, -0.2) is 63.2 Å². The van der Waals surface area contributed by atoms with Gasteiger partial charge in [-0.1, -0.05) is 25.1 Å². The average molecular weight is 392 g/mol. The Balaban J connectivity index is 1.77. The predicted molar refractivity (Wildman–Crippen MR) is 116 cm³/mol. The standard InChI is InChI=1S/C23H29N5O/c1-4-10-27-16-18(14-24-27)22-13-20(19-8-5-6-9-21(19)25-22)23(29)28-12-7-11-26(3)15-17(28)2/h5-6,8-9,13-14,16-17H,4,7,10-12,15H2,1-3H3. The molecule has 1 aliphatic rings.